The number of halogens is 1. The van der Waals surface area contributed by atoms with Crippen molar-refractivity contribution in [1.29, 1.82) is 0 Å². The van der Waals surface area contributed by atoms with Crippen LogP contribution in [-0.4, -0.2) is 18.0 Å². The Balaban J connectivity index is 2.04. The smallest absolute Gasteiger partial charge is 0.241 e. The summed E-state index contributed by atoms with van der Waals surface area (Å²) >= 11 is 0. The Kier molecular flexibility index (Phi) is 3.97. The van der Waals surface area contributed by atoms with Crippen LogP contribution in [0.3, 0.4) is 0 Å². The van der Waals surface area contributed by atoms with Gasteiger partial charge in [-0.15, -0.1) is 0 Å². The minimum absolute atomic E-state index is 0.147. The lowest BCUT2D eigenvalue weighted by molar-refractivity contribution is -0.118. The molecule has 0 saturated carbocycles. The summed E-state index contributed by atoms with van der Waals surface area (Å²) in [4.78, 5) is 12.0. The van der Waals surface area contributed by atoms with E-state index in [-0.39, 0.29) is 17.6 Å². The SMILES string of the molecule is Cc1ccc(F)c(NC(=O)C2CCCC(C)N2)c1. The first-order chi connectivity index (χ1) is 8.56. The van der Waals surface area contributed by atoms with Crippen LogP contribution in [0.1, 0.15) is 31.7 Å². The number of benzene rings is 1. The number of carbonyl (C=O) groups is 1. The van der Waals surface area contributed by atoms with Gasteiger partial charge in [0.25, 0.3) is 0 Å². The van der Waals surface area contributed by atoms with Gasteiger partial charge in [0, 0.05) is 6.04 Å². The monoisotopic (exact) mass is 250 g/mol. The lowest BCUT2D eigenvalue weighted by atomic mass is 9.99. The van der Waals surface area contributed by atoms with Crippen LogP contribution in [0.5, 0.6) is 0 Å². The average molecular weight is 250 g/mol. The molecule has 0 aromatic heterocycles. The number of piperidine rings is 1. The van der Waals surface area contributed by atoms with E-state index in [2.05, 4.69) is 17.6 Å². The van der Waals surface area contributed by atoms with E-state index in [9.17, 15) is 9.18 Å². The van der Waals surface area contributed by atoms with Crippen LogP contribution < -0.4 is 10.6 Å². The Hall–Kier alpha value is -1.42. The molecule has 1 aliphatic heterocycles. The molecule has 2 atom stereocenters. The molecule has 4 heteroatoms. The minimum Gasteiger partial charge on any atom is -0.322 e. The Labute approximate surface area is 107 Å². The number of anilines is 1. The van der Waals surface area contributed by atoms with Crippen molar-refractivity contribution in [3.63, 3.8) is 0 Å². The molecule has 2 rings (SSSR count). The van der Waals surface area contributed by atoms with Gasteiger partial charge in [-0.2, -0.15) is 0 Å². The fourth-order valence-corrected chi connectivity index (χ4v) is 2.30. The zero-order chi connectivity index (χ0) is 13.1. The third-order valence-electron chi connectivity index (χ3n) is 3.31. The number of hydrogen-bond donors (Lipinski definition) is 2. The predicted molar refractivity (Wildman–Crippen MR) is 70.0 cm³/mol. The molecule has 1 heterocycles. The van der Waals surface area contributed by atoms with E-state index in [1.165, 1.54) is 6.07 Å². The Bertz CT molecular complexity index is 447. The quantitative estimate of drug-likeness (QED) is 0.847. The predicted octanol–water partition coefficient (Wildman–Crippen LogP) is 2.60. The van der Waals surface area contributed by atoms with Crippen LogP contribution in [0, 0.1) is 12.7 Å². The summed E-state index contributed by atoms with van der Waals surface area (Å²) in [5, 5.41) is 5.90. The molecular formula is C14H19FN2O. The number of nitrogens with one attached hydrogen (secondary N) is 2. The van der Waals surface area contributed by atoms with Gasteiger partial charge in [-0.3, -0.25) is 4.79 Å². The molecule has 1 aliphatic rings. The third-order valence-corrected chi connectivity index (χ3v) is 3.31. The van der Waals surface area contributed by atoms with Crippen LogP contribution in [0.4, 0.5) is 10.1 Å². The van der Waals surface area contributed by atoms with Crippen molar-refractivity contribution in [2.24, 2.45) is 0 Å². The standard InChI is InChI=1S/C14H19FN2O/c1-9-6-7-11(15)13(8-9)17-14(18)12-5-3-4-10(2)16-12/h6-8,10,12,16H,3-5H2,1-2H3,(H,17,18). The van der Waals surface area contributed by atoms with E-state index in [0.29, 0.717) is 6.04 Å². The normalized spacial score (nSPS) is 23.7. The number of hydrogen-bond acceptors (Lipinski definition) is 2. The molecule has 3 nitrogen and oxygen atoms in total. The molecule has 1 amide bonds. The molecule has 0 radical (unpaired) electrons. The van der Waals surface area contributed by atoms with Crippen molar-refractivity contribution in [3.05, 3.63) is 29.6 Å². The van der Waals surface area contributed by atoms with Crippen LogP contribution in [-0.2, 0) is 4.79 Å². The second-order valence-electron chi connectivity index (χ2n) is 5.02. The fourth-order valence-electron chi connectivity index (χ4n) is 2.30. The van der Waals surface area contributed by atoms with E-state index >= 15 is 0 Å². The van der Waals surface area contributed by atoms with Crippen LogP contribution in [0.15, 0.2) is 18.2 Å². The van der Waals surface area contributed by atoms with Gasteiger partial charge in [-0.05, 0) is 50.8 Å². The maximum Gasteiger partial charge on any atom is 0.241 e. The highest BCUT2D eigenvalue weighted by molar-refractivity contribution is 5.95. The lowest BCUT2D eigenvalue weighted by Gasteiger charge is -2.27. The molecule has 2 unspecified atom stereocenters. The maximum atomic E-state index is 13.5. The number of aryl methyl sites for hydroxylation is 1. The first-order valence-corrected chi connectivity index (χ1v) is 6.39. The maximum absolute atomic E-state index is 13.5. The number of amides is 1. The highest BCUT2D eigenvalue weighted by Gasteiger charge is 2.24. The summed E-state index contributed by atoms with van der Waals surface area (Å²) in [7, 11) is 0. The lowest BCUT2D eigenvalue weighted by Crippen LogP contribution is -2.47. The molecule has 18 heavy (non-hydrogen) atoms. The molecule has 2 N–H and O–H groups in total. The van der Waals surface area contributed by atoms with Crippen LogP contribution in [0.25, 0.3) is 0 Å². The molecule has 98 valence electrons. The van der Waals surface area contributed by atoms with Crippen molar-refractivity contribution in [2.45, 2.75) is 45.2 Å². The topological polar surface area (TPSA) is 41.1 Å². The summed E-state index contributed by atoms with van der Waals surface area (Å²) in [6, 6.07) is 4.85. The molecule has 1 aromatic carbocycles. The fraction of sp³-hybridized carbons (Fsp3) is 0.500. The number of rotatable bonds is 2. The van der Waals surface area contributed by atoms with Crippen molar-refractivity contribution in [3.8, 4) is 0 Å². The summed E-state index contributed by atoms with van der Waals surface area (Å²) < 4.78 is 13.5. The van der Waals surface area contributed by atoms with Gasteiger partial charge in [-0.1, -0.05) is 6.07 Å². The summed E-state index contributed by atoms with van der Waals surface area (Å²) in [5.74, 6) is -0.538. The zero-order valence-corrected chi connectivity index (χ0v) is 10.8. The Morgan fingerprint density at radius 1 is 1.44 bits per heavy atom. The molecule has 0 spiro atoms. The van der Waals surface area contributed by atoms with Gasteiger partial charge < -0.3 is 10.6 Å². The Morgan fingerprint density at radius 3 is 2.94 bits per heavy atom. The minimum atomic E-state index is -0.391. The summed E-state index contributed by atoms with van der Waals surface area (Å²) in [6.07, 6.45) is 2.93. The first-order valence-electron chi connectivity index (χ1n) is 6.39. The average Bonchev–Trinajstić information content (AvgIpc) is 2.34. The van der Waals surface area contributed by atoms with E-state index in [4.69, 9.17) is 0 Å². The highest BCUT2D eigenvalue weighted by atomic mass is 19.1. The number of carbonyl (C=O) groups excluding carboxylic acids is 1. The van der Waals surface area contributed by atoms with Crippen molar-refractivity contribution < 1.29 is 9.18 Å². The van der Waals surface area contributed by atoms with Gasteiger partial charge in [0.2, 0.25) is 5.91 Å². The highest BCUT2D eigenvalue weighted by Crippen LogP contribution is 2.18. The summed E-state index contributed by atoms with van der Waals surface area (Å²) in [6.45, 7) is 3.93. The second-order valence-corrected chi connectivity index (χ2v) is 5.02. The summed E-state index contributed by atoms with van der Waals surface area (Å²) in [5.41, 5.74) is 1.19. The first kappa shape index (κ1) is 13.0. The van der Waals surface area contributed by atoms with E-state index in [0.717, 1.165) is 24.8 Å². The third kappa shape index (κ3) is 3.07. The van der Waals surface area contributed by atoms with Crippen molar-refractivity contribution in [1.82, 2.24) is 5.32 Å². The molecule has 0 bridgehead atoms. The van der Waals surface area contributed by atoms with Crippen LogP contribution in [0.2, 0.25) is 0 Å². The van der Waals surface area contributed by atoms with Crippen molar-refractivity contribution in [2.75, 3.05) is 5.32 Å². The Morgan fingerprint density at radius 2 is 2.22 bits per heavy atom. The van der Waals surface area contributed by atoms with Crippen molar-refractivity contribution >= 4 is 11.6 Å². The van der Waals surface area contributed by atoms with Gasteiger partial charge in [0.05, 0.1) is 11.7 Å². The van der Waals surface area contributed by atoms with E-state index in [1.54, 1.807) is 12.1 Å². The van der Waals surface area contributed by atoms with E-state index < -0.39 is 5.82 Å². The van der Waals surface area contributed by atoms with Gasteiger partial charge in [0.15, 0.2) is 0 Å². The van der Waals surface area contributed by atoms with Gasteiger partial charge in [0.1, 0.15) is 5.82 Å². The van der Waals surface area contributed by atoms with E-state index in [1.807, 2.05) is 6.92 Å². The van der Waals surface area contributed by atoms with Crippen LogP contribution >= 0.6 is 0 Å². The second kappa shape index (κ2) is 5.48. The van der Waals surface area contributed by atoms with Gasteiger partial charge >= 0.3 is 0 Å². The molecule has 1 aromatic rings. The molecule has 0 aliphatic carbocycles. The molecule has 1 saturated heterocycles. The van der Waals surface area contributed by atoms with Gasteiger partial charge in [-0.25, -0.2) is 4.39 Å². The largest absolute Gasteiger partial charge is 0.322 e. The zero-order valence-electron chi connectivity index (χ0n) is 10.8. The molecule has 1 fully saturated rings. The molecular weight excluding hydrogens is 231 g/mol.